The normalized spacial score (nSPS) is 15.3. The Kier molecular flexibility index (Phi) is 13.4. The third kappa shape index (κ3) is 10.4. The Bertz CT molecular complexity index is 1950. The molecule has 10 nitrogen and oxygen atoms in total. The van der Waals surface area contributed by atoms with Gasteiger partial charge in [0.05, 0.1) is 24.0 Å². The number of allylic oxidation sites excluding steroid dienone is 2. The molecule has 2 heterocycles. The van der Waals surface area contributed by atoms with Crippen molar-refractivity contribution in [3.63, 3.8) is 0 Å². The lowest BCUT2D eigenvalue weighted by atomic mass is 9.81. The highest BCUT2D eigenvalue weighted by molar-refractivity contribution is 7.79. The van der Waals surface area contributed by atoms with Gasteiger partial charge in [-0.2, -0.15) is 9.15 Å². The first-order valence-corrected chi connectivity index (χ1v) is 18.8. The lowest BCUT2D eigenvalue weighted by Crippen LogP contribution is -2.26. The summed E-state index contributed by atoms with van der Waals surface area (Å²) in [5, 5.41) is 6.68. The third-order valence-electron chi connectivity index (χ3n) is 9.19. The quantitative estimate of drug-likeness (QED) is 0.0950. The van der Waals surface area contributed by atoms with Crippen LogP contribution in [0.2, 0.25) is 0 Å². The first kappa shape index (κ1) is 40.5. The number of nitrogens with zero attached hydrogens (tertiary/aromatic N) is 2. The van der Waals surface area contributed by atoms with Gasteiger partial charge in [0.25, 0.3) is 0 Å². The van der Waals surface area contributed by atoms with Crippen LogP contribution in [-0.4, -0.2) is 65.4 Å². The molecule has 4 aromatic carbocycles. The molecular formula is C42H50N4O6S. The Hall–Kier alpha value is -5.23. The van der Waals surface area contributed by atoms with Crippen molar-refractivity contribution in [3.05, 3.63) is 133 Å². The summed E-state index contributed by atoms with van der Waals surface area (Å²) in [6, 6.07) is 33.2. The van der Waals surface area contributed by atoms with E-state index in [1.165, 1.54) is 33.9 Å². The summed E-state index contributed by atoms with van der Waals surface area (Å²) in [5.41, 5.74) is 9.96. The number of ether oxygens (including phenoxy) is 2. The molecule has 2 N–H and O–H groups in total. The number of hydrogen-bond acceptors (Lipinski definition) is 8. The summed E-state index contributed by atoms with van der Waals surface area (Å²) in [7, 11) is -0.908. The fourth-order valence-electron chi connectivity index (χ4n) is 6.67. The summed E-state index contributed by atoms with van der Waals surface area (Å²) in [6.45, 7) is 14.4. The molecule has 0 unspecified atom stereocenters. The molecule has 2 aliphatic rings. The average molecular weight is 739 g/mol. The number of anilines is 2. The van der Waals surface area contributed by atoms with E-state index in [2.05, 4.69) is 122 Å². The number of fused-ring (bicyclic) bond motifs is 2. The van der Waals surface area contributed by atoms with Crippen LogP contribution in [-0.2, 0) is 21.2 Å². The van der Waals surface area contributed by atoms with E-state index in [4.69, 9.17) is 27.0 Å². The van der Waals surface area contributed by atoms with Crippen molar-refractivity contribution in [2.75, 3.05) is 37.9 Å². The van der Waals surface area contributed by atoms with E-state index in [9.17, 15) is 0 Å². The predicted octanol–water partition coefficient (Wildman–Crippen LogP) is 8.10. The van der Waals surface area contributed by atoms with Crippen LogP contribution < -0.4 is 20.1 Å². The van der Waals surface area contributed by atoms with Crippen LogP contribution >= 0.6 is 0 Å². The van der Waals surface area contributed by atoms with E-state index >= 15 is 0 Å². The largest absolute Gasteiger partial charge is 0.759 e. The molecule has 6 rings (SSSR count). The van der Waals surface area contributed by atoms with Crippen LogP contribution in [0.15, 0.2) is 122 Å². The number of rotatable bonds is 10. The van der Waals surface area contributed by atoms with Gasteiger partial charge in [0.2, 0.25) is 11.4 Å². The molecule has 11 heteroatoms. The van der Waals surface area contributed by atoms with Crippen molar-refractivity contribution in [3.8, 4) is 11.5 Å². The molecule has 0 fully saturated rings. The number of nitrogens with one attached hydrogen (secondary N) is 2. The summed E-state index contributed by atoms with van der Waals surface area (Å²) < 4.78 is 49.6. The molecule has 0 aromatic heterocycles. The molecule has 0 amide bonds. The minimum Gasteiger partial charge on any atom is -0.759 e. The van der Waals surface area contributed by atoms with Crippen molar-refractivity contribution in [2.24, 2.45) is 0 Å². The Labute approximate surface area is 314 Å². The van der Waals surface area contributed by atoms with Crippen LogP contribution in [0.5, 0.6) is 11.5 Å². The van der Waals surface area contributed by atoms with E-state index < -0.39 is 10.4 Å². The highest BCUT2D eigenvalue weighted by Gasteiger charge is 2.43. The molecule has 0 saturated heterocycles. The van der Waals surface area contributed by atoms with Crippen LogP contribution in [0.4, 0.5) is 22.7 Å². The molecular weight excluding hydrogens is 689 g/mol. The van der Waals surface area contributed by atoms with Crippen LogP contribution in [0.1, 0.15) is 52.7 Å². The summed E-state index contributed by atoms with van der Waals surface area (Å²) in [4.78, 5) is 0. The van der Waals surface area contributed by atoms with Gasteiger partial charge >= 0.3 is 0 Å². The van der Waals surface area contributed by atoms with E-state index in [1.54, 1.807) is 0 Å². The van der Waals surface area contributed by atoms with Crippen molar-refractivity contribution >= 4 is 44.6 Å². The molecule has 2 aliphatic heterocycles. The molecule has 53 heavy (non-hydrogen) atoms. The summed E-state index contributed by atoms with van der Waals surface area (Å²) in [5.74, 6) is 1.79. The monoisotopic (exact) mass is 738 g/mol. The highest BCUT2D eigenvalue weighted by atomic mass is 32.3. The maximum absolute atomic E-state index is 8.52. The maximum atomic E-state index is 8.52. The Morgan fingerprint density at radius 2 is 0.925 bits per heavy atom. The zero-order chi connectivity index (χ0) is 38.8. The molecule has 0 saturated carbocycles. The van der Waals surface area contributed by atoms with E-state index in [-0.39, 0.29) is 10.8 Å². The average Bonchev–Trinajstić information content (AvgIpc) is 3.43. The van der Waals surface area contributed by atoms with Crippen LogP contribution in [0.25, 0.3) is 0 Å². The van der Waals surface area contributed by atoms with Gasteiger partial charge in [-0.3, -0.25) is 8.42 Å². The first-order chi connectivity index (χ1) is 25.1. The van der Waals surface area contributed by atoms with Gasteiger partial charge in [-0.1, -0.05) is 36.4 Å². The Morgan fingerprint density at radius 1 is 0.604 bits per heavy atom. The van der Waals surface area contributed by atoms with Gasteiger partial charge in [0, 0.05) is 69.6 Å². The summed E-state index contributed by atoms with van der Waals surface area (Å²) in [6.07, 6.45) is 8.34. The predicted molar refractivity (Wildman–Crippen MR) is 212 cm³/mol. The van der Waals surface area contributed by atoms with Crippen molar-refractivity contribution < 1.29 is 36.1 Å². The Morgan fingerprint density at radius 3 is 1.23 bits per heavy atom. The molecule has 0 radical (unpaired) electrons. The molecule has 0 atom stereocenters. The van der Waals surface area contributed by atoms with Crippen molar-refractivity contribution in [1.29, 1.82) is 0 Å². The van der Waals surface area contributed by atoms with Gasteiger partial charge in [-0.05, 0) is 90.1 Å². The first-order valence-electron chi connectivity index (χ1n) is 17.5. The zero-order valence-corrected chi connectivity index (χ0v) is 32.5. The minimum absolute atomic E-state index is 0.00233. The van der Waals surface area contributed by atoms with Gasteiger partial charge < -0.3 is 29.2 Å². The van der Waals surface area contributed by atoms with E-state index in [1.807, 2.05) is 74.8 Å². The molecule has 0 spiro atoms. The molecule has 0 bridgehead atoms. The van der Waals surface area contributed by atoms with Crippen LogP contribution in [0.3, 0.4) is 0 Å². The lowest BCUT2D eigenvalue weighted by Gasteiger charge is -2.15. The van der Waals surface area contributed by atoms with E-state index in [0.717, 1.165) is 22.9 Å². The van der Waals surface area contributed by atoms with Crippen LogP contribution in [0, 0.1) is 0 Å². The van der Waals surface area contributed by atoms with Crippen molar-refractivity contribution in [2.45, 2.75) is 52.4 Å². The van der Waals surface area contributed by atoms with Gasteiger partial charge in [-0.25, -0.2) is 0 Å². The van der Waals surface area contributed by atoms with Crippen molar-refractivity contribution in [1.82, 2.24) is 0 Å². The Balaban J connectivity index is 0.000000210. The second-order valence-corrected chi connectivity index (χ2v) is 14.3. The maximum Gasteiger partial charge on any atom is 0.209 e. The summed E-state index contributed by atoms with van der Waals surface area (Å²) >= 11 is 0. The van der Waals surface area contributed by atoms with E-state index in [0.29, 0.717) is 13.2 Å². The fourth-order valence-corrected chi connectivity index (χ4v) is 6.67. The molecule has 4 aromatic rings. The topological polar surface area (TPSA) is 129 Å². The number of benzene rings is 4. The lowest BCUT2D eigenvalue weighted by molar-refractivity contribution is -0.401. The van der Waals surface area contributed by atoms with Gasteiger partial charge in [0.1, 0.15) is 25.6 Å². The molecule has 280 valence electrons. The standard InChI is InChI=1S/2C21H24N2O.H2O4S/c2*1-5-24-17-12-10-16(11-13-17)22-15-14-20-21(2,3)18-8-6-7-9-19(18)23(20)4;1-5(2,3)4/h2*6-15H,5H2,1-4H3;(H2,1,2,3,4). The third-order valence-corrected chi connectivity index (χ3v) is 9.19. The smallest absolute Gasteiger partial charge is 0.209 e. The second kappa shape index (κ2) is 17.5. The molecule has 0 aliphatic carbocycles. The number of hydrogen-bond donors (Lipinski definition) is 2. The number of para-hydroxylation sites is 2. The highest BCUT2D eigenvalue weighted by Crippen LogP contribution is 2.40. The minimum atomic E-state index is -5.17. The zero-order valence-electron chi connectivity index (χ0n) is 31.7. The van der Waals surface area contributed by atoms with Gasteiger partial charge in [0.15, 0.2) is 11.4 Å². The van der Waals surface area contributed by atoms with Gasteiger partial charge in [-0.15, -0.1) is 0 Å². The second-order valence-electron chi connectivity index (χ2n) is 13.5. The SMILES string of the molecule is CCOc1ccc(N/C=C/C2=[N+](C)c3ccccc3C2(C)C)cc1.CCOc1ccc(N/C=C/C2=[N+](C)c3ccccc3C2(C)C)cc1.O=S(=O)([O-])[O-]. The fraction of sp³-hybridized carbons (Fsp3) is 0.286.